The van der Waals surface area contributed by atoms with E-state index < -0.39 is 28.1 Å². The van der Waals surface area contributed by atoms with Gasteiger partial charge in [-0.1, -0.05) is 31.2 Å². The number of aromatic nitrogens is 1. The molecule has 0 bridgehead atoms. The normalized spacial score (nSPS) is 20.9. The van der Waals surface area contributed by atoms with Crippen LogP contribution in [-0.4, -0.2) is 115 Å². The molecule has 3 saturated heterocycles. The Hall–Kier alpha value is -4.43. The van der Waals surface area contributed by atoms with E-state index in [0.717, 1.165) is 65.4 Å². The molecule has 2 N–H and O–H groups in total. The number of anilines is 1. The molecule has 13 nitrogen and oxygen atoms in total. The summed E-state index contributed by atoms with van der Waals surface area (Å²) in [4.78, 5) is 61.8. The predicted octanol–water partition coefficient (Wildman–Crippen LogP) is 4.91. The maximum absolute atomic E-state index is 14.4. The molecule has 0 aliphatic carbocycles. The molecule has 0 radical (unpaired) electrons. The molecule has 1 unspecified atom stereocenters. The first-order chi connectivity index (χ1) is 25.9. The largest absolute Gasteiger partial charge is 0.435 e. The fourth-order valence-electron chi connectivity index (χ4n) is 9.01. The third-order valence-corrected chi connectivity index (χ3v) is 13.6. The molecule has 54 heavy (non-hydrogen) atoms. The number of benzene rings is 2. The SMILES string of the molecule is Cc1cc([C@@H](C)C(OC(=O)N2CCC(N3CCc4ccccc4NC3=O)CC2)C(=O)N2CCC(C3CCN(S(C)(=O)=O)CC3)CC2)cc2ccc(=O)[nH]c12. The Labute approximate surface area is 317 Å². The number of carbonyl (C=O) groups excluding carboxylic acids is 3. The number of nitrogens with zero attached hydrogens (tertiary/aromatic N) is 4. The molecule has 290 valence electrons. The Bertz CT molecular complexity index is 2050. The number of fused-ring (bicyclic) bond motifs is 2. The number of para-hydroxylation sites is 1. The minimum Gasteiger partial charge on any atom is -0.435 e. The van der Waals surface area contributed by atoms with Crippen LogP contribution in [0.5, 0.6) is 0 Å². The molecule has 4 aliphatic rings. The lowest BCUT2D eigenvalue weighted by Crippen LogP contribution is -2.52. The van der Waals surface area contributed by atoms with Gasteiger partial charge in [0.1, 0.15) is 0 Å². The number of hydrogen-bond donors (Lipinski definition) is 2. The number of rotatable bonds is 7. The fourth-order valence-corrected chi connectivity index (χ4v) is 9.89. The topological polar surface area (TPSA) is 152 Å². The van der Waals surface area contributed by atoms with Crippen molar-refractivity contribution in [3.05, 3.63) is 75.6 Å². The molecular formula is C40H52N6O7S. The van der Waals surface area contributed by atoms with E-state index in [1.165, 1.54) is 12.3 Å². The number of aromatic amines is 1. The Morgan fingerprint density at radius 3 is 2.17 bits per heavy atom. The molecule has 2 atom stereocenters. The van der Waals surface area contributed by atoms with E-state index in [4.69, 9.17) is 4.74 Å². The summed E-state index contributed by atoms with van der Waals surface area (Å²) >= 11 is 0. The standard InChI is InChI=1S/C40H52N6O7S/c1-26-24-32(25-31-8-9-35(47)42-36(26)31)27(2)37(38(48)43-17-10-28(11-18-43)29-12-21-45(22-13-29)54(3,51)52)53-40(50)44-19-15-33(16-20-44)46-23-14-30-6-4-5-7-34(30)41-39(46)49/h4-9,24-25,27-29,33,37H,10-23H2,1-3H3,(H,41,49)(H,42,47)/t27-,37?/m1/s1. The minimum atomic E-state index is -3.20. The lowest BCUT2D eigenvalue weighted by Gasteiger charge is -2.41. The summed E-state index contributed by atoms with van der Waals surface area (Å²) in [5.74, 6) is 0.116. The number of urea groups is 1. The zero-order chi connectivity index (χ0) is 38.1. The Morgan fingerprint density at radius 2 is 1.48 bits per heavy atom. The van der Waals surface area contributed by atoms with Gasteiger partial charge < -0.3 is 29.7 Å². The van der Waals surface area contributed by atoms with Crippen molar-refractivity contribution in [1.29, 1.82) is 0 Å². The summed E-state index contributed by atoms with van der Waals surface area (Å²) in [6, 6.07) is 14.8. The highest BCUT2D eigenvalue weighted by Gasteiger charge is 2.40. The maximum Gasteiger partial charge on any atom is 0.410 e. The first kappa shape index (κ1) is 37.9. The highest BCUT2D eigenvalue weighted by atomic mass is 32.2. The average Bonchev–Trinajstić information content (AvgIpc) is 3.34. The van der Waals surface area contributed by atoms with Crippen molar-refractivity contribution in [2.45, 2.75) is 76.9 Å². The van der Waals surface area contributed by atoms with Crippen LogP contribution in [-0.2, 0) is 26.0 Å². The average molecular weight is 761 g/mol. The third kappa shape index (κ3) is 8.14. The molecule has 4 aliphatic heterocycles. The minimum absolute atomic E-state index is 0.0216. The Kier molecular flexibility index (Phi) is 11.0. The van der Waals surface area contributed by atoms with Crippen LogP contribution >= 0.6 is 0 Å². The van der Waals surface area contributed by atoms with Crippen LogP contribution in [0.3, 0.4) is 0 Å². The van der Waals surface area contributed by atoms with Gasteiger partial charge in [0, 0.05) is 69.5 Å². The zero-order valence-corrected chi connectivity index (χ0v) is 32.3. The molecule has 5 heterocycles. The van der Waals surface area contributed by atoms with E-state index >= 15 is 0 Å². The first-order valence-corrected chi connectivity index (χ1v) is 21.2. The lowest BCUT2D eigenvalue weighted by molar-refractivity contribution is -0.143. The number of aryl methyl sites for hydroxylation is 1. The number of hydrogen-bond acceptors (Lipinski definition) is 7. The van der Waals surface area contributed by atoms with Gasteiger partial charge in [-0.15, -0.1) is 0 Å². The molecule has 14 heteroatoms. The monoisotopic (exact) mass is 760 g/mol. The van der Waals surface area contributed by atoms with Gasteiger partial charge in [0.05, 0.1) is 11.8 Å². The van der Waals surface area contributed by atoms with Gasteiger partial charge >= 0.3 is 12.1 Å². The second kappa shape index (κ2) is 15.7. The zero-order valence-electron chi connectivity index (χ0n) is 31.5. The first-order valence-electron chi connectivity index (χ1n) is 19.3. The van der Waals surface area contributed by atoms with Gasteiger partial charge in [-0.05, 0) is 104 Å². The van der Waals surface area contributed by atoms with E-state index in [-0.39, 0.29) is 23.5 Å². The third-order valence-electron chi connectivity index (χ3n) is 12.3. The van der Waals surface area contributed by atoms with E-state index in [1.54, 1.807) is 15.3 Å². The van der Waals surface area contributed by atoms with Gasteiger partial charge in [0.2, 0.25) is 15.6 Å². The van der Waals surface area contributed by atoms with Crippen molar-refractivity contribution < 1.29 is 27.5 Å². The van der Waals surface area contributed by atoms with E-state index in [1.807, 2.05) is 60.0 Å². The van der Waals surface area contributed by atoms with Crippen molar-refractivity contribution in [2.75, 3.05) is 57.4 Å². The highest BCUT2D eigenvalue weighted by Crippen LogP contribution is 2.35. The molecule has 0 saturated carbocycles. The highest BCUT2D eigenvalue weighted by molar-refractivity contribution is 7.88. The van der Waals surface area contributed by atoms with Crippen LogP contribution in [0.15, 0.2) is 53.3 Å². The van der Waals surface area contributed by atoms with Crippen LogP contribution in [0.1, 0.15) is 68.1 Å². The molecular weight excluding hydrogens is 709 g/mol. The number of ether oxygens (including phenoxy) is 1. The van der Waals surface area contributed by atoms with E-state index in [0.29, 0.717) is 70.5 Å². The van der Waals surface area contributed by atoms with Gasteiger partial charge in [-0.25, -0.2) is 22.3 Å². The summed E-state index contributed by atoms with van der Waals surface area (Å²) in [7, 11) is -3.20. The van der Waals surface area contributed by atoms with Gasteiger partial charge in [-0.2, -0.15) is 0 Å². The van der Waals surface area contributed by atoms with Gasteiger partial charge in [0.25, 0.3) is 5.91 Å². The van der Waals surface area contributed by atoms with Crippen molar-refractivity contribution in [1.82, 2.24) is 24.0 Å². The Morgan fingerprint density at radius 1 is 0.833 bits per heavy atom. The van der Waals surface area contributed by atoms with Crippen LogP contribution in [0.4, 0.5) is 15.3 Å². The Balaban J connectivity index is 1.03. The van der Waals surface area contributed by atoms with Crippen molar-refractivity contribution in [3.8, 4) is 0 Å². The molecule has 3 fully saturated rings. The number of pyridine rings is 1. The summed E-state index contributed by atoms with van der Waals surface area (Å²) in [6.45, 7) is 7.39. The summed E-state index contributed by atoms with van der Waals surface area (Å²) < 4.78 is 31.9. The molecule has 1 aromatic heterocycles. The molecule has 3 aromatic rings. The number of amides is 4. The second-order valence-corrected chi connectivity index (χ2v) is 17.6. The lowest BCUT2D eigenvalue weighted by atomic mass is 9.79. The van der Waals surface area contributed by atoms with Crippen LogP contribution in [0, 0.1) is 18.8 Å². The number of sulfonamides is 1. The van der Waals surface area contributed by atoms with Crippen LogP contribution in [0.25, 0.3) is 10.9 Å². The number of likely N-dealkylation sites (tertiary alicyclic amines) is 2. The number of H-pyrrole nitrogens is 1. The quantitative estimate of drug-likeness (QED) is 0.347. The van der Waals surface area contributed by atoms with Crippen molar-refractivity contribution in [2.24, 2.45) is 11.8 Å². The molecule has 2 aromatic carbocycles. The fraction of sp³-hybridized carbons (Fsp3) is 0.550. The predicted molar refractivity (Wildman–Crippen MR) is 207 cm³/mol. The van der Waals surface area contributed by atoms with E-state index in [9.17, 15) is 27.6 Å². The van der Waals surface area contributed by atoms with Crippen molar-refractivity contribution in [3.63, 3.8) is 0 Å². The smallest absolute Gasteiger partial charge is 0.410 e. The number of nitrogens with one attached hydrogen (secondary N) is 2. The molecule has 7 rings (SSSR count). The van der Waals surface area contributed by atoms with Gasteiger partial charge in [-0.3, -0.25) is 9.59 Å². The summed E-state index contributed by atoms with van der Waals surface area (Å²) in [5, 5.41) is 3.88. The van der Waals surface area contributed by atoms with Crippen LogP contribution < -0.4 is 10.9 Å². The molecule has 4 amide bonds. The van der Waals surface area contributed by atoms with Gasteiger partial charge in [0.15, 0.2) is 6.10 Å². The van der Waals surface area contributed by atoms with Crippen LogP contribution in [0.2, 0.25) is 0 Å². The second-order valence-electron chi connectivity index (χ2n) is 15.6. The van der Waals surface area contributed by atoms with E-state index in [2.05, 4.69) is 10.3 Å². The number of carbonyl (C=O) groups is 3. The summed E-state index contributed by atoms with van der Waals surface area (Å²) in [5.41, 5.74) is 4.17. The number of piperidine rings is 3. The maximum atomic E-state index is 14.4. The summed E-state index contributed by atoms with van der Waals surface area (Å²) in [6.07, 6.45) is 4.88. The molecule has 0 spiro atoms. The van der Waals surface area contributed by atoms with Crippen molar-refractivity contribution >= 4 is 44.6 Å².